The first-order chi connectivity index (χ1) is 2.00. The second kappa shape index (κ2) is 22.4. The van der Waals surface area contributed by atoms with Crippen LogP contribution in [0.3, 0.4) is 0 Å². The predicted octanol–water partition coefficient (Wildman–Crippen LogP) is -3.63. The summed E-state index contributed by atoms with van der Waals surface area (Å²) in [7, 11) is 0. The van der Waals surface area contributed by atoms with Crippen molar-refractivity contribution in [2.45, 2.75) is 13.6 Å². The molecule has 2 radical (unpaired) electrons. The Morgan fingerprint density at radius 3 is 0.727 bits per heavy atom. The van der Waals surface area contributed by atoms with Crippen LogP contribution in [0.2, 0.25) is 0 Å². The van der Waals surface area contributed by atoms with Crippen LogP contribution in [0, 0.1) is 0 Å². The van der Waals surface area contributed by atoms with Crippen molar-refractivity contribution in [1.29, 1.82) is 0 Å². The maximum Gasteiger partial charge on any atom is 3.00 e. The van der Waals surface area contributed by atoms with Crippen LogP contribution < -0.4 is 0 Å². The van der Waals surface area contributed by atoms with Crippen LogP contribution in [-0.2, 0) is 34.1 Å². The molecule has 0 aromatic carbocycles. The summed E-state index contributed by atoms with van der Waals surface area (Å²) in [5, 5.41) is 28.8. The van der Waals surface area contributed by atoms with Gasteiger partial charge in [0, 0.05) is 0 Å². The van der Waals surface area contributed by atoms with E-state index in [-0.39, 0.29) is 58.0 Å². The van der Waals surface area contributed by atoms with Crippen LogP contribution in [-0.4, -0.2) is 43.0 Å². The van der Waals surface area contributed by atoms with Gasteiger partial charge in [0.1, 0.15) is 0 Å². The second-order valence-electron chi connectivity index (χ2n) is 0.600. The van der Waals surface area contributed by atoms with Gasteiger partial charge >= 0.3 is 40.3 Å². The van der Waals surface area contributed by atoms with Crippen molar-refractivity contribution < 1.29 is 71.0 Å². The quantitative estimate of drug-likeness (QED) is 0.259. The second-order valence-corrected chi connectivity index (χ2v) is 0.600. The molecular weight excluding hydrogens is 248 g/mol. The van der Waals surface area contributed by atoms with Crippen LogP contribution in [0.5, 0.6) is 0 Å². The van der Waals surface area contributed by atoms with Gasteiger partial charge in [0.25, 0.3) is 0 Å². The number of hydrogen-bond acceptors (Lipinski definition) is 5. The molecule has 0 bridgehead atoms. The molecule has 0 rings (SSSR count). The molecule has 11 heavy (non-hydrogen) atoms. The van der Waals surface area contributed by atoms with Gasteiger partial charge in [-0.15, -0.1) is 0 Å². The molecule has 74 valence electrons. The van der Waals surface area contributed by atoms with Gasteiger partial charge < -0.3 is 36.9 Å². The van der Waals surface area contributed by atoms with E-state index in [1.54, 1.807) is 0 Å². The normalized spacial score (nSPS) is 5.45. The Bertz CT molecular complexity index is 29.9. The minimum absolute atomic E-state index is 0. The maximum atomic E-state index is 7.19. The van der Waals surface area contributed by atoms with Gasteiger partial charge in [-0.1, -0.05) is 7.43 Å². The summed E-state index contributed by atoms with van der Waals surface area (Å²) >= 11 is 0. The molecule has 0 aliphatic heterocycles. The molecule has 0 heterocycles. The zero-order valence-electron chi connectivity index (χ0n) is 4.44. The van der Waals surface area contributed by atoms with Crippen molar-refractivity contribution in [3.05, 3.63) is 0 Å². The van der Waals surface area contributed by atoms with E-state index in [1.807, 2.05) is 0 Å². The standard InChI is InChI=1S/CH4O4.CH4.2Fe.3H2O/c2-1(3,4)5;;;;;;/h2-5H;1H4;;;3*1H2/q;;2*+3;;;/p-1. The zero-order chi connectivity index (χ0) is 4.50. The molecule has 7 nitrogen and oxygen atoms in total. The molecule has 0 unspecified atom stereocenters. The van der Waals surface area contributed by atoms with Crippen molar-refractivity contribution in [2.75, 3.05) is 0 Å². The van der Waals surface area contributed by atoms with E-state index in [0.717, 1.165) is 0 Å². The van der Waals surface area contributed by atoms with Crippen LogP contribution >= 0.6 is 0 Å². The molecule has 0 fully saturated rings. The van der Waals surface area contributed by atoms with Crippen molar-refractivity contribution in [2.24, 2.45) is 0 Å². The van der Waals surface area contributed by atoms with E-state index in [1.165, 1.54) is 0 Å². The predicted molar refractivity (Wildman–Crippen MR) is 27.5 cm³/mol. The Labute approximate surface area is 84.9 Å². The summed E-state index contributed by atoms with van der Waals surface area (Å²) in [6.45, 7) is 0. The molecule has 0 saturated heterocycles. The molecule has 0 amide bonds. The first-order valence-corrected chi connectivity index (χ1v) is 0.894. The van der Waals surface area contributed by atoms with Gasteiger partial charge in [0.05, 0.1) is 0 Å². The van der Waals surface area contributed by atoms with Crippen LogP contribution in [0.15, 0.2) is 0 Å². The molecular formula is C2H13Fe2O7+5. The van der Waals surface area contributed by atoms with Gasteiger partial charge in [0.15, 0.2) is 0 Å². The van der Waals surface area contributed by atoms with Gasteiger partial charge in [0.2, 0.25) is 0 Å². The van der Waals surface area contributed by atoms with Crippen LogP contribution in [0.1, 0.15) is 7.43 Å². The fourth-order valence-electron chi connectivity index (χ4n) is 0. The minimum atomic E-state index is -3.50. The van der Waals surface area contributed by atoms with Crippen LogP contribution in [0.25, 0.3) is 0 Å². The van der Waals surface area contributed by atoms with Crippen molar-refractivity contribution in [1.82, 2.24) is 0 Å². The largest absolute Gasteiger partial charge is 3.00 e. The summed E-state index contributed by atoms with van der Waals surface area (Å²) in [6, 6.07) is 0. The fourth-order valence-corrected chi connectivity index (χ4v) is 0. The van der Waals surface area contributed by atoms with Crippen LogP contribution in [0.4, 0.5) is 0 Å². The minimum Gasteiger partial charge on any atom is -0.870 e. The number of rotatable bonds is 0. The van der Waals surface area contributed by atoms with Gasteiger partial charge in [-0.2, -0.15) is 0 Å². The molecule has 0 aliphatic carbocycles. The molecule has 0 saturated carbocycles. The molecule has 0 aromatic heterocycles. The number of aliphatic hydroxyl groups is 4. The third-order valence-corrected chi connectivity index (χ3v) is 0. The topological polar surface area (TPSA) is 174 Å². The summed E-state index contributed by atoms with van der Waals surface area (Å²) in [5.74, 6) is 0. The van der Waals surface area contributed by atoms with E-state index < -0.39 is 6.16 Å². The smallest absolute Gasteiger partial charge is 0.870 e. The van der Waals surface area contributed by atoms with Crippen molar-refractivity contribution >= 4 is 0 Å². The molecule has 0 spiro atoms. The Morgan fingerprint density at radius 1 is 0.727 bits per heavy atom. The summed E-state index contributed by atoms with van der Waals surface area (Å²) in [6.07, 6.45) is -3.50. The van der Waals surface area contributed by atoms with Gasteiger partial charge in [-0.25, -0.2) is 0 Å². The Kier molecular flexibility index (Phi) is 123. The van der Waals surface area contributed by atoms with E-state index in [0.29, 0.717) is 0 Å². The Morgan fingerprint density at radius 2 is 0.727 bits per heavy atom. The number of hydrogen-bond donors (Lipinski definition) is 4. The fraction of sp³-hybridized carbons (Fsp3) is 1.00. The maximum absolute atomic E-state index is 7.19. The third kappa shape index (κ3) is 1430. The molecule has 9 heteroatoms. The molecule has 0 aromatic rings. The van der Waals surface area contributed by atoms with E-state index in [9.17, 15) is 0 Å². The monoisotopic (exact) mass is 261 g/mol. The first-order valence-electron chi connectivity index (χ1n) is 0.894. The van der Waals surface area contributed by atoms with E-state index >= 15 is 0 Å². The Balaban J connectivity index is -0.00000000533. The third-order valence-electron chi connectivity index (χ3n) is 0. The van der Waals surface area contributed by atoms with Gasteiger partial charge in [-0.3, -0.25) is 0 Å². The van der Waals surface area contributed by atoms with Gasteiger partial charge in [-0.05, 0) is 0 Å². The average Bonchev–Trinajstić information content (AvgIpc) is 0.722. The summed E-state index contributed by atoms with van der Waals surface area (Å²) in [5.41, 5.74) is 0. The van der Waals surface area contributed by atoms with Crippen molar-refractivity contribution in [3.63, 3.8) is 0 Å². The molecule has 0 aliphatic rings. The summed E-state index contributed by atoms with van der Waals surface area (Å²) in [4.78, 5) is 0. The molecule has 0 atom stereocenters. The summed E-state index contributed by atoms with van der Waals surface area (Å²) < 4.78 is 0. The zero-order valence-corrected chi connectivity index (χ0v) is 6.65. The average molecular weight is 261 g/mol. The van der Waals surface area contributed by atoms with Crippen molar-refractivity contribution in [3.8, 4) is 0 Å². The van der Waals surface area contributed by atoms with E-state index in [4.69, 9.17) is 20.4 Å². The molecule has 9 N–H and O–H groups in total. The Hall–Kier alpha value is 0.759. The SMILES string of the molecule is C.O.O.OC(O)(O)O.[Fe+3].[Fe+3].[OH-]. The first kappa shape index (κ1) is 60.1. The van der Waals surface area contributed by atoms with E-state index in [2.05, 4.69) is 0 Å².